The molecule has 0 bridgehead atoms. The molecule has 0 saturated heterocycles. The average molecular weight is 669 g/mol. The number of para-hydroxylation sites is 1. The van der Waals surface area contributed by atoms with E-state index in [1.54, 1.807) is 0 Å². The number of allylic oxidation sites excluding steroid dienone is 5. The number of aryl methyl sites for hydroxylation is 1. The molecule has 5 aromatic rings. The summed E-state index contributed by atoms with van der Waals surface area (Å²) >= 11 is 0. The summed E-state index contributed by atoms with van der Waals surface area (Å²) in [5.74, 6) is 0. The Balaban J connectivity index is 0.00000286. The van der Waals surface area contributed by atoms with Crippen molar-refractivity contribution in [3.05, 3.63) is 198 Å². The lowest BCUT2D eigenvalue weighted by atomic mass is 10.0. The molecule has 0 aliphatic heterocycles. The molecule has 0 fully saturated rings. The van der Waals surface area contributed by atoms with E-state index in [-0.39, 0.29) is 0 Å². The Bertz CT molecular complexity index is 2090. The first kappa shape index (κ1) is 38.0. The highest BCUT2D eigenvalue weighted by atomic mass is 15.2. The van der Waals surface area contributed by atoms with Crippen LogP contribution < -0.4 is 20.2 Å². The van der Waals surface area contributed by atoms with Gasteiger partial charge in [0.25, 0.3) is 0 Å². The molecule has 0 aliphatic carbocycles. The Labute approximate surface area is 306 Å². The van der Waals surface area contributed by atoms with Crippen LogP contribution in [0.15, 0.2) is 177 Å². The monoisotopic (exact) mass is 668 g/mol. The van der Waals surface area contributed by atoms with Crippen molar-refractivity contribution in [2.75, 3.05) is 9.80 Å². The Hall–Kier alpha value is -5.86. The topological polar surface area (TPSA) is 6.48 Å². The zero-order valence-electron chi connectivity index (χ0n) is 31.2. The molecule has 0 unspecified atom stereocenters. The summed E-state index contributed by atoms with van der Waals surface area (Å²) in [6, 6.07) is 43.1. The van der Waals surface area contributed by atoms with E-state index >= 15 is 0 Å². The van der Waals surface area contributed by atoms with Gasteiger partial charge in [-0.3, -0.25) is 0 Å². The molecule has 5 aromatic carbocycles. The summed E-state index contributed by atoms with van der Waals surface area (Å²) < 4.78 is 0. The molecular weight excluding hydrogens is 617 g/mol. The van der Waals surface area contributed by atoms with E-state index in [2.05, 4.69) is 202 Å². The van der Waals surface area contributed by atoms with Crippen molar-refractivity contribution in [1.82, 2.24) is 0 Å². The zero-order valence-corrected chi connectivity index (χ0v) is 31.2. The molecule has 0 saturated carbocycles. The van der Waals surface area contributed by atoms with Gasteiger partial charge >= 0.3 is 0 Å². The van der Waals surface area contributed by atoms with Crippen LogP contribution in [0.5, 0.6) is 0 Å². The normalized spacial score (nSPS) is 12.4. The van der Waals surface area contributed by atoms with Gasteiger partial charge in [-0.15, -0.1) is 0 Å². The summed E-state index contributed by atoms with van der Waals surface area (Å²) in [5, 5.41) is 2.32. The molecule has 0 spiro atoms. The standard InChI is InChI=1S/C47H46N2.C2H6/c1-7-12-22-40(10-4)48(46(11-5)45-26-18-17-21-37(45)9-3)42-32-28-38(29-33-42)39-30-34-43(35-31-39)49(41-23-15-14-16-24-41)47-27-19-20-36(6)44(47)25-13-8-2;1-2/h8-35H,2,5,7H2,1,3-4,6H3;1-2H3/b22-12-,25-13-,37-9-,40-10+,46-45+;. The van der Waals surface area contributed by atoms with Gasteiger partial charge in [0.2, 0.25) is 0 Å². The number of hydrogen-bond acceptors (Lipinski definition) is 2. The second-order valence-electron chi connectivity index (χ2n) is 11.7. The van der Waals surface area contributed by atoms with Crippen LogP contribution in [0.2, 0.25) is 0 Å². The maximum atomic E-state index is 4.26. The van der Waals surface area contributed by atoms with Crippen LogP contribution in [-0.2, 0) is 0 Å². The average Bonchev–Trinajstić information content (AvgIpc) is 3.19. The summed E-state index contributed by atoms with van der Waals surface area (Å²) in [6.07, 6.45) is 17.6. The van der Waals surface area contributed by atoms with Gasteiger partial charge in [-0.25, -0.2) is 0 Å². The van der Waals surface area contributed by atoms with Crippen LogP contribution in [-0.4, -0.2) is 0 Å². The second-order valence-corrected chi connectivity index (χ2v) is 11.7. The predicted molar refractivity (Wildman–Crippen MR) is 227 cm³/mol. The first-order chi connectivity index (χ1) is 25.0. The fourth-order valence-electron chi connectivity index (χ4n) is 6.12. The van der Waals surface area contributed by atoms with Gasteiger partial charge in [0.05, 0.1) is 11.4 Å². The highest BCUT2D eigenvalue weighted by molar-refractivity contribution is 5.85. The Morgan fingerprint density at radius 1 is 0.686 bits per heavy atom. The second kappa shape index (κ2) is 19.4. The number of anilines is 4. The van der Waals surface area contributed by atoms with Crippen molar-refractivity contribution >= 4 is 40.6 Å². The maximum absolute atomic E-state index is 4.26. The Morgan fingerprint density at radius 3 is 1.88 bits per heavy atom. The van der Waals surface area contributed by atoms with Crippen molar-refractivity contribution in [2.24, 2.45) is 0 Å². The van der Waals surface area contributed by atoms with Crippen molar-refractivity contribution in [1.29, 1.82) is 0 Å². The third kappa shape index (κ3) is 9.04. The lowest BCUT2D eigenvalue weighted by molar-refractivity contribution is 1.17. The van der Waals surface area contributed by atoms with Crippen LogP contribution >= 0.6 is 0 Å². The summed E-state index contributed by atoms with van der Waals surface area (Å²) in [4.78, 5) is 4.62. The van der Waals surface area contributed by atoms with E-state index in [0.29, 0.717) is 0 Å². The molecule has 0 atom stereocenters. The smallest absolute Gasteiger partial charge is 0.0536 e. The van der Waals surface area contributed by atoms with E-state index in [1.165, 1.54) is 16.3 Å². The Kier molecular flexibility index (Phi) is 14.4. The predicted octanol–water partition coefficient (Wildman–Crippen LogP) is 12.8. The minimum Gasteiger partial charge on any atom is -0.310 e. The molecule has 0 aliphatic rings. The number of benzene rings is 5. The van der Waals surface area contributed by atoms with Crippen LogP contribution in [0, 0.1) is 6.92 Å². The number of rotatable bonds is 12. The molecular formula is C49H52N2. The SMILES string of the molecule is C=C/C=C\c1c(C)cccc1N(c1ccccc1)c1ccc(-c2ccc(N(C(/C=C\CC)=C/C)/C(C=C)=c3\cccc\c3=C\C)cc2)cc1.CC. The summed E-state index contributed by atoms with van der Waals surface area (Å²) in [7, 11) is 0. The molecule has 0 aromatic heterocycles. The molecule has 2 nitrogen and oxygen atoms in total. The largest absolute Gasteiger partial charge is 0.310 e. The molecule has 2 heteroatoms. The van der Waals surface area contributed by atoms with Gasteiger partial charge in [-0.1, -0.05) is 149 Å². The molecule has 51 heavy (non-hydrogen) atoms. The molecule has 0 heterocycles. The zero-order chi connectivity index (χ0) is 36.6. The van der Waals surface area contributed by atoms with Crippen LogP contribution in [0.1, 0.15) is 52.2 Å². The van der Waals surface area contributed by atoms with Crippen LogP contribution in [0.3, 0.4) is 0 Å². The van der Waals surface area contributed by atoms with Crippen molar-refractivity contribution in [3.8, 4) is 11.1 Å². The quantitative estimate of drug-likeness (QED) is 0.122. The fourth-order valence-corrected chi connectivity index (χ4v) is 6.12. The molecule has 0 radical (unpaired) electrons. The number of hydrogen-bond donors (Lipinski definition) is 0. The van der Waals surface area contributed by atoms with E-state index in [1.807, 2.05) is 32.1 Å². The minimum atomic E-state index is 0.960. The van der Waals surface area contributed by atoms with Crippen LogP contribution in [0.25, 0.3) is 29.0 Å². The first-order valence-corrected chi connectivity index (χ1v) is 18.0. The lowest BCUT2D eigenvalue weighted by Gasteiger charge is -2.28. The molecule has 0 N–H and O–H groups in total. The van der Waals surface area contributed by atoms with Gasteiger partial charge in [0, 0.05) is 33.5 Å². The van der Waals surface area contributed by atoms with Gasteiger partial charge in [0.1, 0.15) is 0 Å². The van der Waals surface area contributed by atoms with Crippen molar-refractivity contribution in [3.63, 3.8) is 0 Å². The van der Waals surface area contributed by atoms with E-state index in [0.717, 1.165) is 56.9 Å². The van der Waals surface area contributed by atoms with Gasteiger partial charge in [-0.2, -0.15) is 0 Å². The van der Waals surface area contributed by atoms with E-state index in [4.69, 9.17) is 0 Å². The lowest BCUT2D eigenvalue weighted by Crippen LogP contribution is -2.33. The highest BCUT2D eigenvalue weighted by Gasteiger charge is 2.17. The molecule has 0 amide bonds. The summed E-state index contributed by atoms with van der Waals surface area (Å²) in [6.45, 7) is 20.6. The van der Waals surface area contributed by atoms with Gasteiger partial charge < -0.3 is 9.80 Å². The first-order valence-electron chi connectivity index (χ1n) is 18.0. The highest BCUT2D eigenvalue weighted by Crippen LogP contribution is 2.39. The summed E-state index contributed by atoms with van der Waals surface area (Å²) in [5.41, 5.74) is 11.2. The van der Waals surface area contributed by atoms with Crippen molar-refractivity contribution < 1.29 is 0 Å². The van der Waals surface area contributed by atoms with Gasteiger partial charge in [-0.05, 0) is 104 Å². The van der Waals surface area contributed by atoms with Gasteiger partial charge in [0.15, 0.2) is 0 Å². The maximum Gasteiger partial charge on any atom is 0.0536 e. The van der Waals surface area contributed by atoms with E-state index < -0.39 is 0 Å². The molecule has 258 valence electrons. The Morgan fingerprint density at radius 2 is 1.29 bits per heavy atom. The van der Waals surface area contributed by atoms with E-state index in [9.17, 15) is 0 Å². The fraction of sp³-hybridized carbons (Fsp3) is 0.143. The van der Waals surface area contributed by atoms with Crippen molar-refractivity contribution in [2.45, 2.75) is 48.0 Å². The van der Waals surface area contributed by atoms with Crippen LogP contribution in [0.4, 0.5) is 22.7 Å². The third-order valence-corrected chi connectivity index (χ3v) is 8.60. The number of nitrogens with zero attached hydrogens (tertiary/aromatic N) is 2. The third-order valence-electron chi connectivity index (χ3n) is 8.60. The minimum absolute atomic E-state index is 0.960. The molecule has 5 rings (SSSR count).